The first-order valence-electron chi connectivity index (χ1n) is 12.2. The van der Waals surface area contributed by atoms with Crippen LogP contribution in [0.2, 0.25) is 0 Å². The number of carbonyl (C=O) groups excluding carboxylic acids is 1. The molecule has 0 unspecified atom stereocenters. The first-order valence-corrected chi connectivity index (χ1v) is 12.2. The summed E-state index contributed by atoms with van der Waals surface area (Å²) < 4.78 is 0. The van der Waals surface area contributed by atoms with Crippen LogP contribution in [0.4, 0.5) is 5.69 Å². The van der Waals surface area contributed by atoms with E-state index in [-0.39, 0.29) is 11.3 Å². The van der Waals surface area contributed by atoms with Gasteiger partial charge in [0.25, 0.3) is 0 Å². The fraction of sp³-hybridized carbons (Fsp3) is 0.379. The van der Waals surface area contributed by atoms with Crippen molar-refractivity contribution in [3.05, 3.63) is 77.4 Å². The molecule has 4 heteroatoms. The van der Waals surface area contributed by atoms with Gasteiger partial charge < -0.3 is 5.32 Å². The number of anilines is 1. The Kier molecular flexibility index (Phi) is 6.15. The number of rotatable bonds is 5. The van der Waals surface area contributed by atoms with E-state index in [9.17, 15) is 10.1 Å². The minimum absolute atomic E-state index is 0.182. The molecule has 3 aromatic carbocycles. The van der Waals surface area contributed by atoms with Crippen LogP contribution in [0.1, 0.15) is 55.2 Å². The maximum absolute atomic E-state index is 13.6. The molecule has 1 heterocycles. The van der Waals surface area contributed by atoms with E-state index in [1.54, 1.807) is 0 Å². The Labute approximate surface area is 196 Å². The molecule has 33 heavy (non-hydrogen) atoms. The minimum atomic E-state index is -0.293. The highest BCUT2D eigenvalue weighted by molar-refractivity contribution is 5.97. The molecule has 1 saturated carbocycles. The zero-order valence-corrected chi connectivity index (χ0v) is 19.1. The van der Waals surface area contributed by atoms with E-state index in [2.05, 4.69) is 46.6 Å². The number of nitrogens with zero attached hydrogens (tertiary/aromatic N) is 2. The quantitative estimate of drug-likeness (QED) is 0.529. The highest BCUT2D eigenvalue weighted by atomic mass is 16.2. The monoisotopic (exact) mass is 437 g/mol. The predicted octanol–water partition coefficient (Wildman–Crippen LogP) is 6.05. The van der Waals surface area contributed by atoms with E-state index in [0.29, 0.717) is 0 Å². The number of hydrogen-bond acceptors (Lipinski definition) is 3. The molecule has 0 radical (unpaired) electrons. The van der Waals surface area contributed by atoms with Gasteiger partial charge in [-0.3, -0.25) is 9.69 Å². The standard InChI is InChI=1S/C29H31N3O/c30-20-22-8-9-24-12-16-32(21-26(24)18-22)17-15-29(13-4-1-5-14-29)28(33)31-27-11-10-23-6-2-3-7-25(23)19-27/h2-3,6-11,18-19H,1,4-5,12-17,21H2,(H,31,33). The van der Waals surface area contributed by atoms with Crippen molar-refractivity contribution >= 4 is 22.4 Å². The second kappa shape index (κ2) is 9.37. The third-order valence-electron chi connectivity index (χ3n) is 7.63. The lowest BCUT2D eigenvalue weighted by Gasteiger charge is -2.38. The Morgan fingerprint density at radius 1 is 0.970 bits per heavy atom. The number of benzene rings is 3. The number of carbonyl (C=O) groups is 1. The second-order valence-electron chi connectivity index (χ2n) is 9.73. The lowest BCUT2D eigenvalue weighted by molar-refractivity contribution is -0.128. The van der Waals surface area contributed by atoms with Gasteiger partial charge in [0.15, 0.2) is 0 Å². The van der Waals surface area contributed by atoms with Gasteiger partial charge in [0.1, 0.15) is 0 Å². The number of amides is 1. The summed E-state index contributed by atoms with van der Waals surface area (Å²) in [5, 5.41) is 14.9. The minimum Gasteiger partial charge on any atom is -0.326 e. The molecule has 0 atom stereocenters. The molecule has 1 N–H and O–H groups in total. The first-order chi connectivity index (χ1) is 16.1. The summed E-state index contributed by atoms with van der Waals surface area (Å²) >= 11 is 0. The van der Waals surface area contributed by atoms with Crippen LogP contribution in [0.3, 0.4) is 0 Å². The summed E-state index contributed by atoms with van der Waals surface area (Å²) in [4.78, 5) is 16.1. The molecular formula is C29H31N3O. The van der Waals surface area contributed by atoms with Crippen molar-refractivity contribution in [1.29, 1.82) is 5.26 Å². The Morgan fingerprint density at radius 3 is 2.61 bits per heavy atom. The Balaban J connectivity index is 1.29. The molecule has 0 saturated heterocycles. The zero-order chi connectivity index (χ0) is 22.7. The third kappa shape index (κ3) is 4.65. The van der Waals surface area contributed by atoms with Crippen molar-refractivity contribution in [2.45, 2.75) is 51.5 Å². The fourth-order valence-electron chi connectivity index (χ4n) is 5.60. The molecule has 0 aromatic heterocycles. The summed E-state index contributed by atoms with van der Waals surface area (Å²) in [6.45, 7) is 2.80. The van der Waals surface area contributed by atoms with Crippen molar-refractivity contribution in [3.63, 3.8) is 0 Å². The molecular weight excluding hydrogens is 406 g/mol. The maximum Gasteiger partial charge on any atom is 0.230 e. The number of fused-ring (bicyclic) bond motifs is 2. The highest BCUT2D eigenvalue weighted by Gasteiger charge is 2.39. The van der Waals surface area contributed by atoms with Crippen LogP contribution in [0.5, 0.6) is 0 Å². The van der Waals surface area contributed by atoms with Crippen molar-refractivity contribution in [2.75, 3.05) is 18.4 Å². The summed E-state index contributed by atoms with van der Waals surface area (Å²) in [5.74, 6) is 0.182. The van der Waals surface area contributed by atoms with Gasteiger partial charge >= 0.3 is 0 Å². The third-order valence-corrected chi connectivity index (χ3v) is 7.63. The van der Waals surface area contributed by atoms with E-state index in [4.69, 9.17) is 0 Å². The molecule has 1 fully saturated rings. The number of nitrogens with one attached hydrogen (secondary N) is 1. The molecule has 1 amide bonds. The Bertz CT molecular complexity index is 1200. The van der Waals surface area contributed by atoms with Gasteiger partial charge in [-0.1, -0.05) is 55.7 Å². The average Bonchev–Trinajstić information content (AvgIpc) is 2.87. The topological polar surface area (TPSA) is 56.1 Å². The maximum atomic E-state index is 13.6. The van der Waals surface area contributed by atoms with Gasteiger partial charge in [-0.2, -0.15) is 5.26 Å². The summed E-state index contributed by atoms with van der Waals surface area (Å²) in [7, 11) is 0. The van der Waals surface area contributed by atoms with Crippen LogP contribution in [0, 0.1) is 16.7 Å². The first kappa shape index (κ1) is 21.7. The molecule has 1 aliphatic heterocycles. The molecule has 5 rings (SSSR count). The van der Waals surface area contributed by atoms with Crippen LogP contribution < -0.4 is 5.32 Å². The van der Waals surface area contributed by atoms with Gasteiger partial charge in [0.05, 0.1) is 17.0 Å². The Hall–Kier alpha value is -3.16. The van der Waals surface area contributed by atoms with Crippen molar-refractivity contribution < 1.29 is 4.79 Å². The smallest absolute Gasteiger partial charge is 0.230 e. The van der Waals surface area contributed by atoms with Crippen LogP contribution >= 0.6 is 0 Å². The van der Waals surface area contributed by atoms with Crippen LogP contribution in [0.25, 0.3) is 10.8 Å². The Morgan fingerprint density at radius 2 is 1.79 bits per heavy atom. The van der Waals surface area contributed by atoms with Gasteiger partial charge in [-0.25, -0.2) is 0 Å². The van der Waals surface area contributed by atoms with Crippen LogP contribution in [-0.2, 0) is 17.8 Å². The van der Waals surface area contributed by atoms with Crippen LogP contribution in [0.15, 0.2) is 60.7 Å². The molecule has 0 bridgehead atoms. The van der Waals surface area contributed by atoms with Crippen molar-refractivity contribution in [2.24, 2.45) is 5.41 Å². The van der Waals surface area contributed by atoms with Crippen LogP contribution in [-0.4, -0.2) is 23.9 Å². The van der Waals surface area contributed by atoms with Crippen molar-refractivity contribution in [1.82, 2.24) is 4.90 Å². The summed E-state index contributed by atoms with van der Waals surface area (Å²) in [6.07, 6.45) is 7.31. The van der Waals surface area contributed by atoms with Gasteiger partial charge in [0.2, 0.25) is 5.91 Å². The van der Waals surface area contributed by atoms with E-state index in [0.717, 1.165) is 74.8 Å². The molecule has 168 valence electrons. The highest BCUT2D eigenvalue weighted by Crippen LogP contribution is 2.41. The molecule has 3 aromatic rings. The summed E-state index contributed by atoms with van der Waals surface area (Å²) in [6, 6.07) is 22.8. The molecule has 0 spiro atoms. The number of hydrogen-bond donors (Lipinski definition) is 1. The van der Waals surface area contributed by atoms with E-state index in [1.165, 1.54) is 22.9 Å². The molecule has 4 nitrogen and oxygen atoms in total. The molecule has 2 aliphatic rings. The van der Waals surface area contributed by atoms with Gasteiger partial charge in [-0.15, -0.1) is 0 Å². The lowest BCUT2D eigenvalue weighted by atomic mass is 9.71. The summed E-state index contributed by atoms with van der Waals surface area (Å²) in [5.41, 5.74) is 3.94. The van der Waals surface area contributed by atoms with Gasteiger partial charge in [-0.05, 0) is 78.4 Å². The predicted molar refractivity (Wildman–Crippen MR) is 133 cm³/mol. The fourth-order valence-corrected chi connectivity index (χ4v) is 5.60. The van der Waals surface area contributed by atoms with E-state index >= 15 is 0 Å². The number of nitriles is 1. The normalized spacial score (nSPS) is 17.8. The van der Waals surface area contributed by atoms with Gasteiger partial charge in [0, 0.05) is 18.8 Å². The van der Waals surface area contributed by atoms with E-state index < -0.39 is 0 Å². The van der Waals surface area contributed by atoms with Crippen molar-refractivity contribution in [3.8, 4) is 6.07 Å². The zero-order valence-electron chi connectivity index (χ0n) is 19.1. The second-order valence-corrected chi connectivity index (χ2v) is 9.73. The average molecular weight is 438 g/mol. The lowest BCUT2D eigenvalue weighted by Crippen LogP contribution is -2.42. The van der Waals surface area contributed by atoms with E-state index in [1.807, 2.05) is 30.3 Å². The molecule has 1 aliphatic carbocycles. The SMILES string of the molecule is N#Cc1ccc2c(c1)CN(CCC1(C(=O)Nc3ccc4ccccc4c3)CCCCC1)CC2. The largest absolute Gasteiger partial charge is 0.326 e.